The van der Waals surface area contributed by atoms with E-state index >= 15 is 0 Å². The van der Waals surface area contributed by atoms with Gasteiger partial charge in [-0.25, -0.2) is 0 Å². The van der Waals surface area contributed by atoms with Crippen molar-refractivity contribution in [1.29, 1.82) is 0 Å². The third kappa shape index (κ3) is 5.38. The van der Waals surface area contributed by atoms with Gasteiger partial charge in [-0.05, 0) is 61.7 Å². The highest BCUT2D eigenvalue weighted by molar-refractivity contribution is 5.31. The van der Waals surface area contributed by atoms with E-state index in [2.05, 4.69) is 13.0 Å². The van der Waals surface area contributed by atoms with Gasteiger partial charge >= 0.3 is 0 Å². The minimum absolute atomic E-state index is 0.698. The van der Waals surface area contributed by atoms with Gasteiger partial charge in [-0.2, -0.15) is 0 Å². The molecule has 3 heteroatoms. The smallest absolute Gasteiger partial charge is 0.119 e. The first-order valence-electron chi connectivity index (χ1n) is 7.24. The number of benzene rings is 2. The molecule has 2 aromatic rings. The van der Waals surface area contributed by atoms with Crippen molar-refractivity contribution in [2.75, 3.05) is 20.3 Å². The molecule has 0 radical (unpaired) electrons. The summed E-state index contributed by atoms with van der Waals surface area (Å²) in [6, 6.07) is 15.7. The van der Waals surface area contributed by atoms with Crippen molar-refractivity contribution in [1.82, 2.24) is 0 Å². The fraction of sp³-hybridized carbons (Fsp3) is 0.333. The molecule has 2 aromatic carbocycles. The lowest BCUT2D eigenvalue weighted by Gasteiger charge is -2.08. The van der Waals surface area contributed by atoms with Gasteiger partial charge in [0.15, 0.2) is 0 Å². The van der Waals surface area contributed by atoms with Crippen LogP contribution >= 0.6 is 0 Å². The van der Waals surface area contributed by atoms with Crippen LogP contribution in [-0.2, 0) is 0 Å². The standard InChI is InChI=1S/C18H22O3/c1-15-6-5-7-18(14-15)21-13-4-3-12-20-17-10-8-16(19-2)9-11-17/h5-11,14H,3-4,12-13H2,1-2H3. The molecule has 2 rings (SSSR count). The van der Waals surface area contributed by atoms with Gasteiger partial charge in [-0.3, -0.25) is 0 Å². The van der Waals surface area contributed by atoms with Crippen molar-refractivity contribution in [2.45, 2.75) is 19.8 Å². The Labute approximate surface area is 126 Å². The van der Waals surface area contributed by atoms with Crippen LogP contribution < -0.4 is 14.2 Å². The third-order valence-corrected chi connectivity index (χ3v) is 3.13. The highest BCUT2D eigenvalue weighted by Gasteiger charge is 1.97. The molecule has 21 heavy (non-hydrogen) atoms. The maximum atomic E-state index is 5.70. The fourth-order valence-electron chi connectivity index (χ4n) is 1.96. The molecule has 0 amide bonds. The van der Waals surface area contributed by atoms with Crippen LogP contribution in [0.15, 0.2) is 48.5 Å². The second-order valence-electron chi connectivity index (χ2n) is 4.90. The molecule has 0 aliphatic heterocycles. The lowest BCUT2D eigenvalue weighted by atomic mass is 10.2. The summed E-state index contributed by atoms with van der Waals surface area (Å²) in [5.74, 6) is 2.65. The van der Waals surface area contributed by atoms with E-state index in [1.807, 2.05) is 42.5 Å². The molecule has 112 valence electrons. The van der Waals surface area contributed by atoms with Crippen LogP contribution in [0.1, 0.15) is 18.4 Å². The highest BCUT2D eigenvalue weighted by Crippen LogP contribution is 2.17. The van der Waals surface area contributed by atoms with Crippen molar-refractivity contribution in [3.05, 3.63) is 54.1 Å². The topological polar surface area (TPSA) is 27.7 Å². The molecule has 0 unspecified atom stereocenters. The Hall–Kier alpha value is -2.16. The molecule has 0 atom stereocenters. The molecule has 0 aromatic heterocycles. The lowest BCUT2D eigenvalue weighted by molar-refractivity contribution is 0.266. The van der Waals surface area contributed by atoms with Crippen molar-refractivity contribution < 1.29 is 14.2 Å². The Kier molecular flexibility index (Phi) is 5.95. The van der Waals surface area contributed by atoms with Gasteiger partial charge in [0.1, 0.15) is 17.2 Å². The van der Waals surface area contributed by atoms with E-state index in [1.165, 1.54) is 5.56 Å². The summed E-state index contributed by atoms with van der Waals surface area (Å²) >= 11 is 0. The third-order valence-electron chi connectivity index (χ3n) is 3.13. The Balaban J connectivity index is 1.59. The Morgan fingerprint density at radius 3 is 2.00 bits per heavy atom. The predicted molar refractivity (Wildman–Crippen MR) is 84.4 cm³/mol. The molecule has 0 bridgehead atoms. The van der Waals surface area contributed by atoms with E-state index in [9.17, 15) is 0 Å². The first kappa shape index (κ1) is 15.2. The minimum Gasteiger partial charge on any atom is -0.497 e. The summed E-state index contributed by atoms with van der Waals surface area (Å²) in [5.41, 5.74) is 1.22. The molecular weight excluding hydrogens is 264 g/mol. The number of hydrogen-bond acceptors (Lipinski definition) is 3. The second-order valence-corrected chi connectivity index (χ2v) is 4.90. The van der Waals surface area contributed by atoms with Crippen LogP contribution in [0.2, 0.25) is 0 Å². The minimum atomic E-state index is 0.698. The SMILES string of the molecule is COc1ccc(OCCCCOc2cccc(C)c2)cc1. The average molecular weight is 286 g/mol. The van der Waals surface area contributed by atoms with Gasteiger partial charge < -0.3 is 14.2 Å². The maximum absolute atomic E-state index is 5.70. The van der Waals surface area contributed by atoms with Gasteiger partial charge in [0.25, 0.3) is 0 Å². The normalized spacial score (nSPS) is 10.2. The Morgan fingerprint density at radius 2 is 1.38 bits per heavy atom. The number of aryl methyl sites for hydroxylation is 1. The second kappa shape index (κ2) is 8.20. The number of ether oxygens (including phenoxy) is 3. The van der Waals surface area contributed by atoms with E-state index < -0.39 is 0 Å². The predicted octanol–water partition coefficient (Wildman–Crippen LogP) is 4.24. The van der Waals surface area contributed by atoms with E-state index in [1.54, 1.807) is 7.11 Å². The maximum Gasteiger partial charge on any atom is 0.119 e. The number of hydrogen-bond donors (Lipinski definition) is 0. The van der Waals surface area contributed by atoms with Gasteiger partial charge in [-0.1, -0.05) is 12.1 Å². The fourth-order valence-corrected chi connectivity index (χ4v) is 1.96. The highest BCUT2D eigenvalue weighted by atomic mass is 16.5. The zero-order valence-corrected chi connectivity index (χ0v) is 12.7. The van der Waals surface area contributed by atoms with Crippen LogP contribution in [-0.4, -0.2) is 20.3 Å². The molecule has 3 nitrogen and oxygen atoms in total. The van der Waals surface area contributed by atoms with Crippen molar-refractivity contribution in [2.24, 2.45) is 0 Å². The molecular formula is C18H22O3. The lowest BCUT2D eigenvalue weighted by Crippen LogP contribution is -2.02. The van der Waals surface area contributed by atoms with Gasteiger partial charge in [-0.15, -0.1) is 0 Å². The molecule has 0 fully saturated rings. The van der Waals surface area contributed by atoms with E-state index in [0.29, 0.717) is 6.61 Å². The number of methoxy groups -OCH3 is 1. The number of unbranched alkanes of at least 4 members (excludes halogenated alkanes) is 1. The molecule has 0 aliphatic rings. The summed E-state index contributed by atoms with van der Waals surface area (Å²) in [4.78, 5) is 0. The quantitative estimate of drug-likeness (QED) is 0.679. The van der Waals surface area contributed by atoms with Crippen LogP contribution in [0, 0.1) is 6.92 Å². The van der Waals surface area contributed by atoms with E-state index in [4.69, 9.17) is 14.2 Å². The molecule has 0 saturated heterocycles. The largest absolute Gasteiger partial charge is 0.497 e. The number of rotatable bonds is 8. The van der Waals surface area contributed by atoms with Crippen molar-refractivity contribution in [3.63, 3.8) is 0 Å². The van der Waals surface area contributed by atoms with Crippen molar-refractivity contribution >= 4 is 0 Å². The van der Waals surface area contributed by atoms with Gasteiger partial charge in [0.05, 0.1) is 20.3 Å². The summed E-state index contributed by atoms with van der Waals surface area (Å²) in [6.07, 6.45) is 1.95. The van der Waals surface area contributed by atoms with Crippen LogP contribution in [0.3, 0.4) is 0 Å². The summed E-state index contributed by atoms with van der Waals surface area (Å²) in [7, 11) is 1.66. The first-order valence-corrected chi connectivity index (χ1v) is 7.24. The molecule has 0 N–H and O–H groups in total. The Morgan fingerprint density at radius 1 is 0.762 bits per heavy atom. The summed E-state index contributed by atoms with van der Waals surface area (Å²) < 4.78 is 16.5. The van der Waals surface area contributed by atoms with Crippen molar-refractivity contribution in [3.8, 4) is 17.2 Å². The van der Waals surface area contributed by atoms with E-state index in [0.717, 1.165) is 36.7 Å². The van der Waals surface area contributed by atoms with Crippen LogP contribution in [0.25, 0.3) is 0 Å². The zero-order valence-electron chi connectivity index (χ0n) is 12.7. The van der Waals surface area contributed by atoms with Crippen LogP contribution in [0.5, 0.6) is 17.2 Å². The molecule has 0 aliphatic carbocycles. The Bertz CT molecular complexity index is 534. The summed E-state index contributed by atoms with van der Waals surface area (Å²) in [5, 5.41) is 0. The molecule has 0 heterocycles. The van der Waals surface area contributed by atoms with Gasteiger partial charge in [0.2, 0.25) is 0 Å². The summed E-state index contributed by atoms with van der Waals surface area (Å²) in [6.45, 7) is 3.48. The van der Waals surface area contributed by atoms with Crippen LogP contribution in [0.4, 0.5) is 0 Å². The average Bonchev–Trinajstić information content (AvgIpc) is 2.51. The first-order chi connectivity index (χ1) is 10.3. The van der Waals surface area contributed by atoms with E-state index in [-0.39, 0.29) is 0 Å². The molecule has 0 spiro atoms. The molecule has 0 saturated carbocycles. The zero-order chi connectivity index (χ0) is 14.9. The van der Waals surface area contributed by atoms with Gasteiger partial charge in [0, 0.05) is 0 Å². The monoisotopic (exact) mass is 286 g/mol.